The summed E-state index contributed by atoms with van der Waals surface area (Å²) >= 11 is 0. The van der Waals surface area contributed by atoms with Crippen molar-refractivity contribution in [1.29, 1.82) is 0 Å². The van der Waals surface area contributed by atoms with Crippen molar-refractivity contribution in [2.45, 2.75) is 39.1 Å². The van der Waals surface area contributed by atoms with Gasteiger partial charge in [-0.3, -0.25) is 14.5 Å². The Balaban J connectivity index is 2.21. The Labute approximate surface area is 125 Å². The number of rotatable bonds is 4. The zero-order valence-corrected chi connectivity index (χ0v) is 12.7. The van der Waals surface area contributed by atoms with Gasteiger partial charge in [-0.2, -0.15) is 0 Å². The van der Waals surface area contributed by atoms with Crippen molar-refractivity contribution >= 4 is 11.7 Å². The average molecular weight is 290 g/mol. The van der Waals surface area contributed by atoms with E-state index in [1.54, 1.807) is 12.1 Å². The molecule has 0 radical (unpaired) electrons. The highest BCUT2D eigenvalue weighted by atomic mass is 16.5. The Morgan fingerprint density at radius 3 is 2.29 bits per heavy atom. The first kappa shape index (κ1) is 15.7. The monoisotopic (exact) mass is 290 g/mol. The maximum absolute atomic E-state index is 12.7. The maximum atomic E-state index is 12.7. The van der Waals surface area contributed by atoms with E-state index >= 15 is 0 Å². The molecule has 0 spiro atoms. The van der Waals surface area contributed by atoms with Crippen molar-refractivity contribution in [2.24, 2.45) is 0 Å². The van der Waals surface area contributed by atoms with Gasteiger partial charge >= 0.3 is 0 Å². The molecule has 0 aliphatic carbocycles. The second kappa shape index (κ2) is 6.83. The molecule has 1 saturated heterocycles. The van der Waals surface area contributed by atoms with E-state index in [0.29, 0.717) is 18.7 Å². The summed E-state index contributed by atoms with van der Waals surface area (Å²) in [6.45, 7) is 6.61. The Morgan fingerprint density at radius 1 is 1.19 bits per heavy atom. The molecule has 5 nitrogen and oxygen atoms in total. The van der Waals surface area contributed by atoms with Crippen LogP contribution in [-0.4, -0.2) is 48.1 Å². The van der Waals surface area contributed by atoms with Crippen LogP contribution in [0, 0.1) is 0 Å². The second-order valence-corrected chi connectivity index (χ2v) is 5.54. The van der Waals surface area contributed by atoms with Crippen LogP contribution in [0.15, 0.2) is 30.3 Å². The fourth-order valence-corrected chi connectivity index (χ4v) is 2.70. The van der Waals surface area contributed by atoms with Crippen LogP contribution in [0.2, 0.25) is 0 Å². The highest BCUT2D eigenvalue weighted by molar-refractivity contribution is 6.01. The first-order valence-electron chi connectivity index (χ1n) is 7.23. The molecule has 0 bridgehead atoms. The molecule has 1 aliphatic rings. The number of morpholine rings is 1. The molecule has 1 heterocycles. The van der Waals surface area contributed by atoms with Crippen molar-refractivity contribution < 1.29 is 14.3 Å². The molecule has 3 atom stereocenters. The topological polar surface area (TPSA) is 58.6 Å². The normalized spacial score (nSPS) is 24.3. The summed E-state index contributed by atoms with van der Waals surface area (Å²) in [4.78, 5) is 26.2. The van der Waals surface area contributed by atoms with E-state index in [-0.39, 0.29) is 23.9 Å². The zero-order chi connectivity index (χ0) is 15.4. The number of carbonyl (C=O) groups excluding carboxylic acids is 2. The van der Waals surface area contributed by atoms with Crippen LogP contribution in [0.4, 0.5) is 0 Å². The highest BCUT2D eigenvalue weighted by Gasteiger charge is 2.33. The molecule has 1 aliphatic heterocycles. The molecule has 5 heteroatoms. The van der Waals surface area contributed by atoms with E-state index in [1.807, 2.05) is 36.9 Å². The van der Waals surface area contributed by atoms with Crippen LogP contribution in [0.3, 0.4) is 0 Å². The van der Waals surface area contributed by atoms with Crippen molar-refractivity contribution in [1.82, 2.24) is 10.2 Å². The number of carbonyl (C=O) groups is 2. The number of nitrogens with one attached hydrogen (secondary N) is 1. The van der Waals surface area contributed by atoms with Crippen LogP contribution in [0.5, 0.6) is 0 Å². The molecule has 1 N–H and O–H groups in total. The number of benzene rings is 1. The molecule has 1 amide bonds. The number of nitrogens with zero attached hydrogens (tertiary/aromatic N) is 1. The smallest absolute Gasteiger partial charge is 0.218 e. The van der Waals surface area contributed by atoms with Crippen molar-refractivity contribution in [2.75, 3.05) is 13.1 Å². The van der Waals surface area contributed by atoms with Gasteiger partial charge in [0.1, 0.15) is 6.17 Å². The van der Waals surface area contributed by atoms with Gasteiger partial charge in [0, 0.05) is 25.6 Å². The molecule has 0 aromatic heterocycles. The van der Waals surface area contributed by atoms with Gasteiger partial charge in [-0.15, -0.1) is 0 Å². The molecule has 21 heavy (non-hydrogen) atoms. The lowest BCUT2D eigenvalue weighted by atomic mass is 10.1. The Kier molecular flexibility index (Phi) is 5.09. The van der Waals surface area contributed by atoms with Gasteiger partial charge in [0.15, 0.2) is 5.78 Å². The molecule has 0 unspecified atom stereocenters. The number of ketones is 1. The predicted octanol–water partition coefficient (Wildman–Crippen LogP) is 1.44. The predicted molar refractivity (Wildman–Crippen MR) is 80.0 cm³/mol. The molecule has 114 valence electrons. The molecule has 1 aromatic rings. The van der Waals surface area contributed by atoms with E-state index < -0.39 is 6.17 Å². The minimum Gasteiger partial charge on any atom is -0.373 e. The summed E-state index contributed by atoms with van der Waals surface area (Å²) in [6, 6.07) is 9.04. The van der Waals surface area contributed by atoms with Crippen LogP contribution < -0.4 is 5.32 Å². The van der Waals surface area contributed by atoms with Gasteiger partial charge in [-0.05, 0) is 13.8 Å². The van der Waals surface area contributed by atoms with E-state index in [9.17, 15) is 9.59 Å². The molecule has 1 fully saturated rings. The van der Waals surface area contributed by atoms with E-state index in [0.717, 1.165) is 0 Å². The first-order chi connectivity index (χ1) is 9.97. The van der Waals surface area contributed by atoms with Crippen molar-refractivity contribution in [3.05, 3.63) is 35.9 Å². The standard InChI is InChI=1S/C16H22N2O3/c1-11-9-18(10-12(2)21-11)16(17-13(3)19)15(20)14-7-5-4-6-8-14/h4-8,11-12,16H,9-10H2,1-3H3,(H,17,19)/t11-,12+,16-/m1/s1. The van der Waals surface area contributed by atoms with Gasteiger partial charge < -0.3 is 10.1 Å². The summed E-state index contributed by atoms with van der Waals surface area (Å²) in [5, 5.41) is 2.77. The third-order valence-electron chi connectivity index (χ3n) is 3.46. The van der Waals surface area contributed by atoms with Gasteiger partial charge in [-0.1, -0.05) is 30.3 Å². The molecule has 0 saturated carbocycles. The lowest BCUT2D eigenvalue weighted by Gasteiger charge is -2.39. The van der Waals surface area contributed by atoms with Crippen LogP contribution >= 0.6 is 0 Å². The van der Waals surface area contributed by atoms with Gasteiger partial charge in [0.2, 0.25) is 5.91 Å². The lowest BCUT2D eigenvalue weighted by molar-refractivity contribution is -0.123. The Hall–Kier alpha value is -1.72. The number of hydrogen-bond donors (Lipinski definition) is 1. The SMILES string of the molecule is CC(=O)N[C@@H](C(=O)c1ccccc1)N1C[C@@H](C)O[C@@H](C)C1. The van der Waals surface area contributed by atoms with E-state index in [1.165, 1.54) is 6.92 Å². The fraction of sp³-hybridized carbons (Fsp3) is 0.500. The summed E-state index contributed by atoms with van der Waals surface area (Å²) in [5.74, 6) is -0.303. The van der Waals surface area contributed by atoms with Crippen LogP contribution in [0.1, 0.15) is 31.1 Å². The summed E-state index contributed by atoms with van der Waals surface area (Å²) in [5.41, 5.74) is 0.600. The molecular weight excluding hydrogens is 268 g/mol. The van der Waals surface area contributed by atoms with Gasteiger partial charge in [0.25, 0.3) is 0 Å². The van der Waals surface area contributed by atoms with Crippen LogP contribution in [0.25, 0.3) is 0 Å². The minimum atomic E-state index is -0.640. The molecular formula is C16H22N2O3. The lowest BCUT2D eigenvalue weighted by Crippen LogP contribution is -2.59. The average Bonchev–Trinajstić information content (AvgIpc) is 2.43. The van der Waals surface area contributed by atoms with Crippen molar-refractivity contribution in [3.8, 4) is 0 Å². The van der Waals surface area contributed by atoms with E-state index in [4.69, 9.17) is 4.74 Å². The largest absolute Gasteiger partial charge is 0.373 e. The third-order valence-corrected chi connectivity index (χ3v) is 3.46. The Bertz CT molecular complexity index is 494. The number of ether oxygens (including phenoxy) is 1. The number of amides is 1. The van der Waals surface area contributed by atoms with Gasteiger partial charge in [0.05, 0.1) is 12.2 Å². The quantitative estimate of drug-likeness (QED) is 0.853. The summed E-state index contributed by atoms with van der Waals surface area (Å²) < 4.78 is 5.69. The molecule has 1 aromatic carbocycles. The van der Waals surface area contributed by atoms with Gasteiger partial charge in [-0.25, -0.2) is 0 Å². The summed E-state index contributed by atoms with van der Waals surface area (Å²) in [7, 11) is 0. The number of hydrogen-bond acceptors (Lipinski definition) is 4. The first-order valence-corrected chi connectivity index (χ1v) is 7.23. The highest BCUT2D eigenvalue weighted by Crippen LogP contribution is 2.15. The van der Waals surface area contributed by atoms with Crippen molar-refractivity contribution in [3.63, 3.8) is 0 Å². The zero-order valence-electron chi connectivity index (χ0n) is 12.7. The fourth-order valence-electron chi connectivity index (χ4n) is 2.70. The van der Waals surface area contributed by atoms with E-state index in [2.05, 4.69) is 5.32 Å². The minimum absolute atomic E-state index is 0.0357. The maximum Gasteiger partial charge on any atom is 0.218 e. The number of Topliss-reactive ketones (excluding diaryl/α,β-unsaturated/α-hetero) is 1. The third kappa shape index (κ3) is 4.12. The van der Waals surface area contributed by atoms with Crippen LogP contribution in [-0.2, 0) is 9.53 Å². The Morgan fingerprint density at radius 2 is 1.76 bits per heavy atom. The molecule has 2 rings (SSSR count). The second-order valence-electron chi connectivity index (χ2n) is 5.54. The summed E-state index contributed by atoms with van der Waals surface area (Å²) in [6.07, 6.45) is -0.569.